The van der Waals surface area contributed by atoms with Crippen LogP contribution in [0.5, 0.6) is 0 Å². The van der Waals surface area contributed by atoms with E-state index in [1.807, 2.05) is 37.3 Å². The zero-order valence-corrected chi connectivity index (χ0v) is 14.1. The fraction of sp³-hybridized carbons (Fsp3) is 0.350. The molecule has 2 rings (SSSR count). The first-order valence-electron chi connectivity index (χ1n) is 7.80. The summed E-state index contributed by atoms with van der Waals surface area (Å²) in [6.45, 7) is 10.4. The van der Waals surface area contributed by atoms with Crippen LogP contribution in [0.4, 0.5) is 0 Å². The predicted molar refractivity (Wildman–Crippen MR) is 93.0 cm³/mol. The number of carbonyl (C=O) groups is 1. The molecule has 2 heteroatoms. The number of rotatable bonds is 4. The molecule has 2 nitrogen and oxygen atoms in total. The molecule has 1 amide bonds. The largest absolute Gasteiger partial charge is 0.347 e. The molecular formula is C20H25NO. The maximum absolute atomic E-state index is 12.7. The van der Waals surface area contributed by atoms with Crippen LogP contribution >= 0.6 is 0 Å². The number of hydrogen-bond acceptors (Lipinski definition) is 1. The maximum Gasteiger partial charge on any atom is 0.251 e. The highest BCUT2D eigenvalue weighted by atomic mass is 16.1. The SMILES string of the molecule is Cc1c(C(=O)NC(C)(C)C(C)C)cccc1-c1ccccc1. The lowest BCUT2D eigenvalue weighted by molar-refractivity contribution is 0.0889. The smallest absolute Gasteiger partial charge is 0.251 e. The van der Waals surface area contributed by atoms with Crippen LogP contribution in [0.3, 0.4) is 0 Å². The van der Waals surface area contributed by atoms with Crippen LogP contribution in [0.15, 0.2) is 48.5 Å². The van der Waals surface area contributed by atoms with E-state index in [2.05, 4.69) is 51.2 Å². The van der Waals surface area contributed by atoms with E-state index in [1.54, 1.807) is 0 Å². The fourth-order valence-electron chi connectivity index (χ4n) is 2.32. The first kappa shape index (κ1) is 16.3. The number of nitrogens with one attached hydrogen (secondary N) is 1. The van der Waals surface area contributed by atoms with Gasteiger partial charge in [0.1, 0.15) is 0 Å². The Morgan fingerprint density at radius 2 is 1.64 bits per heavy atom. The minimum absolute atomic E-state index is 0.00557. The van der Waals surface area contributed by atoms with Crippen molar-refractivity contribution in [2.45, 2.75) is 40.2 Å². The van der Waals surface area contributed by atoms with Gasteiger partial charge in [-0.1, -0.05) is 56.3 Å². The van der Waals surface area contributed by atoms with E-state index in [-0.39, 0.29) is 11.4 Å². The molecule has 0 unspecified atom stereocenters. The number of carbonyl (C=O) groups excluding carboxylic acids is 1. The minimum atomic E-state index is -0.230. The van der Waals surface area contributed by atoms with Crippen molar-refractivity contribution in [3.63, 3.8) is 0 Å². The Hall–Kier alpha value is -2.09. The molecule has 0 fully saturated rings. The first-order valence-corrected chi connectivity index (χ1v) is 7.80. The zero-order valence-electron chi connectivity index (χ0n) is 14.1. The van der Waals surface area contributed by atoms with Crippen molar-refractivity contribution in [1.82, 2.24) is 5.32 Å². The molecule has 0 aromatic heterocycles. The highest BCUT2D eigenvalue weighted by Crippen LogP contribution is 2.26. The molecule has 2 aromatic rings. The summed E-state index contributed by atoms with van der Waals surface area (Å²) in [5, 5.41) is 3.15. The molecule has 0 bridgehead atoms. The number of benzene rings is 2. The monoisotopic (exact) mass is 295 g/mol. The second-order valence-corrected chi connectivity index (χ2v) is 6.67. The summed E-state index contributed by atoms with van der Waals surface area (Å²) in [7, 11) is 0. The van der Waals surface area contributed by atoms with Crippen molar-refractivity contribution in [1.29, 1.82) is 0 Å². The predicted octanol–water partition coefficient (Wildman–Crippen LogP) is 4.83. The Labute approximate surface area is 133 Å². The molecule has 1 N–H and O–H groups in total. The van der Waals surface area contributed by atoms with E-state index < -0.39 is 0 Å². The molecule has 0 saturated carbocycles. The van der Waals surface area contributed by atoms with Crippen LogP contribution in [-0.2, 0) is 0 Å². The van der Waals surface area contributed by atoms with Crippen LogP contribution < -0.4 is 5.32 Å². The molecular weight excluding hydrogens is 270 g/mol. The normalized spacial score (nSPS) is 11.5. The molecule has 0 aliphatic rings. The molecule has 0 saturated heterocycles. The fourth-order valence-corrected chi connectivity index (χ4v) is 2.32. The summed E-state index contributed by atoms with van der Waals surface area (Å²) in [6, 6.07) is 16.1. The van der Waals surface area contributed by atoms with E-state index in [0.717, 1.165) is 22.3 Å². The zero-order chi connectivity index (χ0) is 16.3. The van der Waals surface area contributed by atoms with Crippen LogP contribution in [-0.4, -0.2) is 11.4 Å². The molecule has 0 aliphatic heterocycles. The van der Waals surface area contributed by atoms with Gasteiger partial charge < -0.3 is 5.32 Å². The van der Waals surface area contributed by atoms with Crippen LogP contribution in [0.2, 0.25) is 0 Å². The van der Waals surface area contributed by atoms with Gasteiger partial charge in [0, 0.05) is 11.1 Å². The van der Waals surface area contributed by atoms with Gasteiger partial charge >= 0.3 is 0 Å². The van der Waals surface area contributed by atoms with Gasteiger partial charge in [-0.05, 0) is 49.4 Å². The van der Waals surface area contributed by atoms with E-state index in [0.29, 0.717) is 5.92 Å². The number of hydrogen-bond donors (Lipinski definition) is 1. The minimum Gasteiger partial charge on any atom is -0.347 e. The summed E-state index contributed by atoms with van der Waals surface area (Å²) in [4.78, 5) is 12.7. The summed E-state index contributed by atoms with van der Waals surface area (Å²) >= 11 is 0. The Morgan fingerprint density at radius 3 is 2.23 bits per heavy atom. The van der Waals surface area contributed by atoms with E-state index in [1.165, 1.54) is 0 Å². The molecule has 0 heterocycles. The van der Waals surface area contributed by atoms with Gasteiger partial charge in [0.2, 0.25) is 0 Å². The molecule has 0 aliphatic carbocycles. The third-order valence-corrected chi connectivity index (χ3v) is 4.54. The van der Waals surface area contributed by atoms with Crippen LogP contribution in [0, 0.1) is 12.8 Å². The summed E-state index contributed by atoms with van der Waals surface area (Å²) in [5.41, 5.74) is 3.78. The topological polar surface area (TPSA) is 29.1 Å². The second-order valence-electron chi connectivity index (χ2n) is 6.67. The highest BCUT2D eigenvalue weighted by Gasteiger charge is 2.25. The van der Waals surface area contributed by atoms with Crippen molar-refractivity contribution < 1.29 is 4.79 Å². The van der Waals surface area contributed by atoms with Gasteiger partial charge in [0.25, 0.3) is 5.91 Å². The van der Waals surface area contributed by atoms with Gasteiger partial charge in [-0.25, -0.2) is 0 Å². The van der Waals surface area contributed by atoms with Gasteiger partial charge in [0.05, 0.1) is 0 Å². The summed E-state index contributed by atoms with van der Waals surface area (Å²) < 4.78 is 0. The molecule has 22 heavy (non-hydrogen) atoms. The highest BCUT2D eigenvalue weighted by molar-refractivity contribution is 5.97. The lowest BCUT2D eigenvalue weighted by Gasteiger charge is -2.31. The molecule has 0 atom stereocenters. The van der Waals surface area contributed by atoms with Crippen LogP contribution in [0.1, 0.15) is 43.6 Å². The van der Waals surface area contributed by atoms with Gasteiger partial charge in [0.15, 0.2) is 0 Å². The first-order chi connectivity index (χ1) is 10.3. The average Bonchev–Trinajstić information content (AvgIpc) is 2.47. The third-order valence-electron chi connectivity index (χ3n) is 4.54. The van der Waals surface area contributed by atoms with E-state index >= 15 is 0 Å². The summed E-state index contributed by atoms with van der Waals surface area (Å²) in [5.74, 6) is 0.364. The Morgan fingerprint density at radius 1 is 1.00 bits per heavy atom. The lowest BCUT2D eigenvalue weighted by atomic mass is 9.89. The number of amides is 1. The maximum atomic E-state index is 12.7. The van der Waals surface area contributed by atoms with E-state index in [9.17, 15) is 4.79 Å². The van der Waals surface area contributed by atoms with Gasteiger partial charge in [-0.15, -0.1) is 0 Å². The summed E-state index contributed by atoms with van der Waals surface area (Å²) in [6.07, 6.45) is 0. The van der Waals surface area contributed by atoms with E-state index in [4.69, 9.17) is 0 Å². The van der Waals surface area contributed by atoms with Crippen LogP contribution in [0.25, 0.3) is 11.1 Å². The van der Waals surface area contributed by atoms with Crippen molar-refractivity contribution in [3.8, 4) is 11.1 Å². The Bertz CT molecular complexity index is 657. The Balaban J connectivity index is 2.36. The quantitative estimate of drug-likeness (QED) is 0.860. The van der Waals surface area contributed by atoms with Crippen molar-refractivity contribution >= 4 is 5.91 Å². The second kappa shape index (κ2) is 6.35. The average molecular weight is 295 g/mol. The molecule has 116 valence electrons. The lowest BCUT2D eigenvalue weighted by Crippen LogP contribution is -2.47. The van der Waals surface area contributed by atoms with Gasteiger partial charge in [-0.2, -0.15) is 0 Å². The molecule has 2 aromatic carbocycles. The van der Waals surface area contributed by atoms with Crippen molar-refractivity contribution in [2.24, 2.45) is 5.92 Å². The van der Waals surface area contributed by atoms with Gasteiger partial charge in [-0.3, -0.25) is 4.79 Å². The standard InChI is InChI=1S/C20H25NO/c1-14(2)20(4,5)21-19(22)18-13-9-12-17(15(18)3)16-10-7-6-8-11-16/h6-14H,1-5H3,(H,21,22). The van der Waals surface area contributed by atoms with Crippen molar-refractivity contribution in [3.05, 3.63) is 59.7 Å². The molecule has 0 spiro atoms. The Kier molecular flexibility index (Phi) is 4.70. The van der Waals surface area contributed by atoms with Crippen molar-refractivity contribution in [2.75, 3.05) is 0 Å². The third kappa shape index (κ3) is 3.38. The molecule has 0 radical (unpaired) electrons.